The van der Waals surface area contributed by atoms with Gasteiger partial charge in [0.25, 0.3) is 0 Å². The molecule has 0 saturated carbocycles. The first-order valence-electron chi connectivity index (χ1n) is 11.8. The van der Waals surface area contributed by atoms with E-state index in [0.29, 0.717) is 17.5 Å². The van der Waals surface area contributed by atoms with Crippen LogP contribution < -0.4 is 10.2 Å². The van der Waals surface area contributed by atoms with Gasteiger partial charge < -0.3 is 15.0 Å². The number of para-hydroxylation sites is 1. The Morgan fingerprint density at radius 1 is 1.03 bits per heavy atom. The zero-order valence-electron chi connectivity index (χ0n) is 19.7. The first-order chi connectivity index (χ1) is 17.1. The summed E-state index contributed by atoms with van der Waals surface area (Å²) in [6, 6.07) is 17.3. The molecule has 1 aliphatic rings. The van der Waals surface area contributed by atoms with Crippen molar-refractivity contribution in [3.63, 3.8) is 0 Å². The van der Waals surface area contributed by atoms with Crippen LogP contribution in [-0.2, 0) is 14.3 Å². The van der Waals surface area contributed by atoms with E-state index < -0.39 is 0 Å². The van der Waals surface area contributed by atoms with Gasteiger partial charge in [0.1, 0.15) is 0 Å². The summed E-state index contributed by atoms with van der Waals surface area (Å²) in [5.41, 5.74) is 2.50. The van der Waals surface area contributed by atoms with E-state index in [9.17, 15) is 9.59 Å². The van der Waals surface area contributed by atoms with Crippen molar-refractivity contribution in [2.24, 2.45) is 0 Å². The van der Waals surface area contributed by atoms with E-state index in [4.69, 9.17) is 4.74 Å². The third-order valence-electron chi connectivity index (χ3n) is 5.49. The van der Waals surface area contributed by atoms with Gasteiger partial charge >= 0.3 is 5.97 Å². The molecule has 1 aromatic heterocycles. The highest BCUT2D eigenvalue weighted by molar-refractivity contribution is 7.99. The van der Waals surface area contributed by atoms with Crippen LogP contribution in [0.25, 0.3) is 11.8 Å². The predicted octanol–water partition coefficient (Wildman–Crippen LogP) is 4.56. The number of esters is 1. The van der Waals surface area contributed by atoms with Gasteiger partial charge in [-0.25, -0.2) is 4.79 Å². The SMILES string of the molecule is CCOC(=O)/C=C/c1ccc(NC(=O)CSc2nnc(N3CCCCC3)n2-c2ccccc2)cc1. The van der Waals surface area contributed by atoms with Gasteiger partial charge in [-0.3, -0.25) is 9.36 Å². The first-order valence-corrected chi connectivity index (χ1v) is 12.8. The number of rotatable bonds is 9. The van der Waals surface area contributed by atoms with Gasteiger partial charge in [0.2, 0.25) is 11.9 Å². The maximum atomic E-state index is 12.6. The van der Waals surface area contributed by atoms with Gasteiger partial charge in [-0.2, -0.15) is 0 Å². The second-order valence-electron chi connectivity index (χ2n) is 8.05. The fourth-order valence-electron chi connectivity index (χ4n) is 3.82. The van der Waals surface area contributed by atoms with Gasteiger partial charge in [0, 0.05) is 24.9 Å². The predicted molar refractivity (Wildman–Crippen MR) is 139 cm³/mol. The second-order valence-corrected chi connectivity index (χ2v) is 8.99. The largest absolute Gasteiger partial charge is 0.463 e. The van der Waals surface area contributed by atoms with E-state index in [0.717, 1.165) is 43.1 Å². The third kappa shape index (κ3) is 6.73. The Labute approximate surface area is 209 Å². The number of thioether (sulfide) groups is 1. The minimum absolute atomic E-state index is 0.132. The van der Waals surface area contributed by atoms with Crippen molar-refractivity contribution in [3.05, 3.63) is 66.2 Å². The summed E-state index contributed by atoms with van der Waals surface area (Å²) in [7, 11) is 0. The summed E-state index contributed by atoms with van der Waals surface area (Å²) in [6.45, 7) is 4.02. The Balaban J connectivity index is 1.40. The van der Waals surface area contributed by atoms with E-state index in [1.807, 2.05) is 47.0 Å². The quantitative estimate of drug-likeness (QED) is 0.267. The standard InChI is InChI=1S/C26H29N5O3S/c1-2-34-24(33)16-13-20-11-14-21(15-12-20)27-23(32)19-35-26-29-28-25(30-17-7-4-8-18-30)31(26)22-9-5-3-6-10-22/h3,5-6,9-16H,2,4,7-8,17-19H2,1H3,(H,27,32)/b16-13+. The molecule has 2 heterocycles. The number of hydrogen-bond donors (Lipinski definition) is 1. The Bertz CT molecular complexity index is 1160. The van der Waals surface area contributed by atoms with Crippen LogP contribution in [0.4, 0.5) is 11.6 Å². The number of aromatic nitrogens is 3. The fraction of sp³-hybridized carbons (Fsp3) is 0.308. The van der Waals surface area contributed by atoms with E-state index >= 15 is 0 Å². The van der Waals surface area contributed by atoms with Crippen LogP contribution in [0.1, 0.15) is 31.7 Å². The molecule has 35 heavy (non-hydrogen) atoms. The molecule has 1 amide bonds. The number of amides is 1. The molecule has 0 radical (unpaired) electrons. The Morgan fingerprint density at radius 2 is 1.77 bits per heavy atom. The normalized spacial score (nSPS) is 13.7. The van der Waals surface area contributed by atoms with Crippen LogP contribution >= 0.6 is 11.8 Å². The number of anilines is 2. The molecule has 1 saturated heterocycles. The number of ether oxygens (including phenoxy) is 1. The minimum Gasteiger partial charge on any atom is -0.463 e. The molecule has 0 unspecified atom stereocenters. The lowest BCUT2D eigenvalue weighted by Gasteiger charge is -2.27. The molecule has 0 aliphatic carbocycles. The molecular formula is C26H29N5O3S. The molecule has 182 valence electrons. The van der Waals surface area contributed by atoms with Crippen molar-refractivity contribution in [1.82, 2.24) is 14.8 Å². The summed E-state index contributed by atoms with van der Waals surface area (Å²) in [5, 5.41) is 12.5. The molecule has 1 aliphatic heterocycles. The number of carbonyl (C=O) groups excluding carboxylic acids is 2. The van der Waals surface area contributed by atoms with E-state index in [2.05, 4.69) is 20.4 Å². The molecule has 4 rings (SSSR count). The molecule has 3 aromatic rings. The summed E-state index contributed by atoms with van der Waals surface area (Å²) in [6.07, 6.45) is 6.58. The monoisotopic (exact) mass is 491 g/mol. The minimum atomic E-state index is -0.381. The van der Waals surface area contributed by atoms with E-state index in [1.165, 1.54) is 24.3 Å². The van der Waals surface area contributed by atoms with Crippen LogP contribution in [-0.4, -0.2) is 52.1 Å². The average Bonchev–Trinajstić information content (AvgIpc) is 3.32. The van der Waals surface area contributed by atoms with Gasteiger partial charge in [0.15, 0.2) is 5.16 Å². The number of nitrogens with zero attached hydrogens (tertiary/aromatic N) is 4. The molecule has 2 aromatic carbocycles. The molecule has 0 bridgehead atoms. The van der Waals surface area contributed by atoms with Gasteiger partial charge in [-0.15, -0.1) is 10.2 Å². The maximum Gasteiger partial charge on any atom is 0.330 e. The molecule has 0 spiro atoms. The third-order valence-corrected chi connectivity index (χ3v) is 6.42. The van der Waals surface area contributed by atoms with Gasteiger partial charge in [-0.1, -0.05) is 42.1 Å². The lowest BCUT2D eigenvalue weighted by Crippen LogP contribution is -2.31. The highest BCUT2D eigenvalue weighted by atomic mass is 32.2. The number of benzene rings is 2. The summed E-state index contributed by atoms with van der Waals surface area (Å²) in [4.78, 5) is 26.3. The number of nitrogens with one attached hydrogen (secondary N) is 1. The van der Waals surface area contributed by atoms with E-state index in [1.54, 1.807) is 25.1 Å². The van der Waals surface area contributed by atoms with Crippen LogP contribution in [0.15, 0.2) is 65.8 Å². The van der Waals surface area contributed by atoms with Crippen molar-refractivity contribution in [2.75, 3.05) is 35.7 Å². The van der Waals surface area contributed by atoms with Crippen molar-refractivity contribution in [2.45, 2.75) is 31.3 Å². The zero-order valence-corrected chi connectivity index (χ0v) is 20.5. The molecule has 9 heteroatoms. The molecule has 8 nitrogen and oxygen atoms in total. The topological polar surface area (TPSA) is 89.3 Å². The summed E-state index contributed by atoms with van der Waals surface area (Å²) >= 11 is 1.36. The van der Waals surface area contributed by atoms with Crippen LogP contribution in [0.2, 0.25) is 0 Å². The van der Waals surface area contributed by atoms with Crippen molar-refractivity contribution < 1.29 is 14.3 Å². The molecular weight excluding hydrogens is 462 g/mol. The van der Waals surface area contributed by atoms with Gasteiger partial charge in [-0.05, 0) is 62.1 Å². The van der Waals surface area contributed by atoms with Crippen molar-refractivity contribution in [3.8, 4) is 5.69 Å². The lowest BCUT2D eigenvalue weighted by atomic mass is 10.1. The highest BCUT2D eigenvalue weighted by Crippen LogP contribution is 2.28. The Hall–Kier alpha value is -3.59. The molecule has 1 N–H and O–H groups in total. The molecule has 1 fully saturated rings. The zero-order chi connectivity index (χ0) is 24.5. The van der Waals surface area contributed by atoms with Gasteiger partial charge in [0.05, 0.1) is 18.0 Å². The van der Waals surface area contributed by atoms with Crippen molar-refractivity contribution >= 4 is 41.4 Å². The van der Waals surface area contributed by atoms with Crippen LogP contribution in [0, 0.1) is 0 Å². The highest BCUT2D eigenvalue weighted by Gasteiger charge is 2.22. The van der Waals surface area contributed by atoms with Crippen LogP contribution in [0.5, 0.6) is 0 Å². The van der Waals surface area contributed by atoms with Crippen molar-refractivity contribution in [1.29, 1.82) is 0 Å². The molecule has 0 atom stereocenters. The fourth-order valence-corrected chi connectivity index (χ4v) is 4.56. The van der Waals surface area contributed by atoms with Crippen LogP contribution in [0.3, 0.4) is 0 Å². The average molecular weight is 492 g/mol. The van der Waals surface area contributed by atoms with E-state index in [-0.39, 0.29) is 17.6 Å². The Kier molecular flexibility index (Phi) is 8.56. The first kappa shape index (κ1) is 24.5. The lowest BCUT2D eigenvalue weighted by molar-refractivity contribution is -0.137. The number of hydrogen-bond acceptors (Lipinski definition) is 7. The second kappa shape index (κ2) is 12.2. The summed E-state index contributed by atoms with van der Waals surface area (Å²) < 4.78 is 6.91. The smallest absolute Gasteiger partial charge is 0.330 e. The maximum absolute atomic E-state index is 12.6. The number of carbonyl (C=O) groups is 2. The number of piperidine rings is 1. The summed E-state index contributed by atoms with van der Waals surface area (Å²) in [5.74, 6) is 0.515. The Morgan fingerprint density at radius 3 is 2.49 bits per heavy atom.